The third kappa shape index (κ3) is 5.19. The molecule has 0 rings (SSSR count). The van der Waals surface area contributed by atoms with Crippen LogP contribution in [0.4, 0.5) is 39.5 Å². The normalized spacial score (nSPS) is 14.5. The standard InChI is InChI=1S/C12H16BrF9/c13-8-6-4-2-1-3-5-7-9(14,15)10(16,17)11(18,19)12(20,21)22/h1-8H2. The van der Waals surface area contributed by atoms with Crippen LogP contribution in [0.15, 0.2) is 0 Å². The first-order valence-corrected chi connectivity index (χ1v) is 7.69. The molecule has 0 aliphatic carbocycles. The van der Waals surface area contributed by atoms with Gasteiger partial charge in [0.05, 0.1) is 0 Å². The van der Waals surface area contributed by atoms with Crippen LogP contribution in [0.3, 0.4) is 0 Å². The lowest BCUT2D eigenvalue weighted by Gasteiger charge is -2.33. The van der Waals surface area contributed by atoms with Crippen LogP contribution in [-0.2, 0) is 0 Å². The summed E-state index contributed by atoms with van der Waals surface area (Å²) in [6.07, 6.45) is -6.26. The smallest absolute Gasteiger partial charge is 0.200 e. The monoisotopic (exact) mass is 410 g/mol. The molecule has 0 amide bonds. The molecular formula is C12H16BrF9. The van der Waals surface area contributed by atoms with Gasteiger partial charge in [-0.3, -0.25) is 0 Å². The van der Waals surface area contributed by atoms with E-state index in [4.69, 9.17) is 0 Å². The molecule has 0 spiro atoms. The average Bonchev–Trinajstić information content (AvgIpc) is 2.35. The summed E-state index contributed by atoms with van der Waals surface area (Å²) >= 11 is 3.17. The summed E-state index contributed by atoms with van der Waals surface area (Å²) in [5, 5.41) is 0.754. The van der Waals surface area contributed by atoms with Crippen molar-refractivity contribution in [1.82, 2.24) is 0 Å². The number of halogens is 10. The maximum atomic E-state index is 13.1. The van der Waals surface area contributed by atoms with Gasteiger partial charge in [-0.25, -0.2) is 0 Å². The molecule has 22 heavy (non-hydrogen) atoms. The summed E-state index contributed by atoms with van der Waals surface area (Å²) in [6, 6.07) is 0. The van der Waals surface area contributed by atoms with Gasteiger partial charge < -0.3 is 0 Å². The van der Waals surface area contributed by atoms with E-state index in [0.29, 0.717) is 12.8 Å². The lowest BCUT2D eigenvalue weighted by Crippen LogP contribution is -2.60. The van der Waals surface area contributed by atoms with E-state index >= 15 is 0 Å². The molecule has 0 N–H and O–H groups in total. The van der Waals surface area contributed by atoms with E-state index in [1.54, 1.807) is 0 Å². The van der Waals surface area contributed by atoms with Crippen LogP contribution in [0.25, 0.3) is 0 Å². The highest BCUT2D eigenvalue weighted by molar-refractivity contribution is 9.09. The highest BCUT2D eigenvalue weighted by Crippen LogP contribution is 2.54. The van der Waals surface area contributed by atoms with Crippen molar-refractivity contribution in [2.24, 2.45) is 0 Å². The molecule has 0 saturated heterocycles. The fraction of sp³-hybridized carbons (Fsp3) is 1.00. The van der Waals surface area contributed by atoms with Gasteiger partial charge in [0.25, 0.3) is 0 Å². The number of hydrogen-bond donors (Lipinski definition) is 0. The van der Waals surface area contributed by atoms with Crippen LogP contribution in [0.2, 0.25) is 0 Å². The van der Waals surface area contributed by atoms with Gasteiger partial charge in [-0.05, 0) is 12.8 Å². The van der Waals surface area contributed by atoms with Crippen molar-refractivity contribution in [1.29, 1.82) is 0 Å². The summed E-state index contributed by atoms with van der Waals surface area (Å²) in [6.45, 7) is 0. The average molecular weight is 411 g/mol. The van der Waals surface area contributed by atoms with Gasteiger partial charge in [0.2, 0.25) is 0 Å². The molecule has 0 bridgehead atoms. The number of hydrogen-bond acceptors (Lipinski definition) is 0. The molecule has 10 heteroatoms. The SMILES string of the molecule is FC(F)(F)C(F)(F)C(F)(F)C(F)(F)CCCCCCCCBr. The molecule has 0 aliphatic rings. The van der Waals surface area contributed by atoms with Crippen molar-refractivity contribution in [3.05, 3.63) is 0 Å². The summed E-state index contributed by atoms with van der Waals surface area (Å²) in [4.78, 5) is 0. The first-order chi connectivity index (χ1) is 9.81. The molecular weight excluding hydrogens is 395 g/mol. The van der Waals surface area contributed by atoms with Crippen LogP contribution in [0.1, 0.15) is 44.9 Å². The zero-order valence-electron chi connectivity index (χ0n) is 11.4. The molecule has 0 aromatic rings. The Balaban J connectivity index is 4.53. The molecule has 0 radical (unpaired) electrons. The van der Waals surface area contributed by atoms with E-state index in [1.807, 2.05) is 0 Å². The number of rotatable bonds is 10. The zero-order chi connectivity index (χ0) is 17.7. The number of unbranched alkanes of at least 4 members (excludes halogenated alkanes) is 5. The topological polar surface area (TPSA) is 0 Å². The highest BCUT2D eigenvalue weighted by atomic mass is 79.9. The minimum Gasteiger partial charge on any atom is -0.200 e. The minimum atomic E-state index is -6.78. The first kappa shape index (κ1) is 21.9. The molecule has 0 aromatic carbocycles. The molecule has 0 saturated carbocycles. The second kappa shape index (κ2) is 8.10. The molecule has 0 fully saturated rings. The van der Waals surface area contributed by atoms with Crippen molar-refractivity contribution in [2.45, 2.75) is 68.9 Å². The van der Waals surface area contributed by atoms with Crippen molar-refractivity contribution in [3.8, 4) is 0 Å². The molecule has 134 valence electrons. The second-order valence-corrected chi connectivity index (χ2v) is 5.70. The molecule has 0 heterocycles. The van der Waals surface area contributed by atoms with Crippen LogP contribution >= 0.6 is 15.9 Å². The Labute approximate surface area is 130 Å². The van der Waals surface area contributed by atoms with Gasteiger partial charge in [0, 0.05) is 11.8 Å². The lowest BCUT2D eigenvalue weighted by molar-refractivity contribution is -0.396. The molecule has 0 atom stereocenters. The highest BCUT2D eigenvalue weighted by Gasteiger charge is 2.81. The Hall–Kier alpha value is -0.150. The lowest BCUT2D eigenvalue weighted by atomic mass is 9.98. The summed E-state index contributed by atoms with van der Waals surface area (Å²) < 4.78 is 113. The second-order valence-electron chi connectivity index (χ2n) is 4.91. The Morgan fingerprint density at radius 2 is 0.955 bits per heavy atom. The Kier molecular flexibility index (Phi) is 8.04. The molecule has 0 aliphatic heterocycles. The summed E-state index contributed by atoms with van der Waals surface area (Å²) in [7, 11) is 0. The van der Waals surface area contributed by atoms with E-state index in [1.165, 1.54) is 0 Å². The van der Waals surface area contributed by atoms with E-state index in [9.17, 15) is 39.5 Å². The quantitative estimate of drug-likeness (QED) is 0.217. The van der Waals surface area contributed by atoms with E-state index in [2.05, 4.69) is 15.9 Å². The van der Waals surface area contributed by atoms with E-state index in [0.717, 1.165) is 18.2 Å². The first-order valence-electron chi connectivity index (χ1n) is 6.57. The molecule has 0 aromatic heterocycles. The van der Waals surface area contributed by atoms with Gasteiger partial charge in [-0.2, -0.15) is 39.5 Å². The van der Waals surface area contributed by atoms with Gasteiger partial charge in [-0.1, -0.05) is 41.6 Å². The van der Waals surface area contributed by atoms with Crippen molar-refractivity contribution in [2.75, 3.05) is 5.33 Å². The van der Waals surface area contributed by atoms with Gasteiger partial charge in [0.15, 0.2) is 0 Å². The fourth-order valence-corrected chi connectivity index (χ4v) is 2.11. The molecule has 0 nitrogen and oxygen atoms in total. The van der Waals surface area contributed by atoms with Crippen LogP contribution in [0.5, 0.6) is 0 Å². The Bertz CT molecular complexity index is 325. The number of alkyl halides is 10. The van der Waals surface area contributed by atoms with Crippen molar-refractivity contribution < 1.29 is 39.5 Å². The third-order valence-electron chi connectivity index (χ3n) is 3.08. The van der Waals surface area contributed by atoms with E-state index in [-0.39, 0.29) is 6.42 Å². The van der Waals surface area contributed by atoms with Gasteiger partial charge in [0.1, 0.15) is 0 Å². The zero-order valence-corrected chi connectivity index (χ0v) is 13.0. The largest absolute Gasteiger partial charge is 0.460 e. The molecule has 0 unspecified atom stereocenters. The predicted molar refractivity (Wildman–Crippen MR) is 67.0 cm³/mol. The predicted octanol–water partition coefficient (Wildman–Crippen LogP) is 6.58. The van der Waals surface area contributed by atoms with Crippen LogP contribution in [0, 0.1) is 0 Å². The van der Waals surface area contributed by atoms with Crippen molar-refractivity contribution >= 4 is 15.9 Å². The van der Waals surface area contributed by atoms with Gasteiger partial charge >= 0.3 is 23.9 Å². The summed E-state index contributed by atoms with van der Waals surface area (Å²) in [5.41, 5.74) is 0. The third-order valence-corrected chi connectivity index (χ3v) is 3.64. The maximum Gasteiger partial charge on any atom is 0.460 e. The van der Waals surface area contributed by atoms with Crippen molar-refractivity contribution in [3.63, 3.8) is 0 Å². The minimum absolute atomic E-state index is 0.0611. The van der Waals surface area contributed by atoms with Gasteiger partial charge in [-0.15, -0.1) is 0 Å². The van der Waals surface area contributed by atoms with E-state index < -0.39 is 36.8 Å². The van der Waals surface area contributed by atoms with Crippen LogP contribution in [-0.4, -0.2) is 29.3 Å². The fourth-order valence-electron chi connectivity index (χ4n) is 1.71. The Morgan fingerprint density at radius 3 is 1.36 bits per heavy atom. The maximum absolute atomic E-state index is 13.1. The van der Waals surface area contributed by atoms with Crippen LogP contribution < -0.4 is 0 Å². The summed E-state index contributed by atoms with van der Waals surface area (Å²) in [5.74, 6) is -18.7. The Morgan fingerprint density at radius 1 is 0.545 bits per heavy atom.